The molecule has 3 heteroatoms. The SMILES string of the molecule is CNCC(C)(C)Oc1ccc(Cl)cc1C1CCCCC1. The standard InChI is InChI=1S/C17H26ClNO/c1-17(2,12-19-3)20-16-10-9-14(18)11-15(16)13-7-5-4-6-8-13/h9-11,13,19H,4-8,12H2,1-3H3. The average molecular weight is 296 g/mol. The van der Waals surface area contributed by atoms with E-state index in [-0.39, 0.29) is 5.60 Å². The first-order chi connectivity index (χ1) is 9.52. The number of likely N-dealkylation sites (N-methyl/N-ethyl adjacent to an activating group) is 1. The highest BCUT2D eigenvalue weighted by molar-refractivity contribution is 6.30. The van der Waals surface area contributed by atoms with Crippen LogP contribution in [0.2, 0.25) is 5.02 Å². The minimum Gasteiger partial charge on any atom is -0.486 e. The summed E-state index contributed by atoms with van der Waals surface area (Å²) >= 11 is 6.20. The van der Waals surface area contributed by atoms with E-state index in [1.165, 1.54) is 37.7 Å². The molecule has 1 aromatic carbocycles. The van der Waals surface area contributed by atoms with E-state index in [1.807, 2.05) is 19.2 Å². The lowest BCUT2D eigenvalue weighted by Gasteiger charge is -2.30. The van der Waals surface area contributed by atoms with Gasteiger partial charge in [0.25, 0.3) is 0 Å². The Morgan fingerprint density at radius 3 is 2.60 bits per heavy atom. The fourth-order valence-electron chi connectivity index (χ4n) is 3.10. The van der Waals surface area contributed by atoms with Crippen molar-refractivity contribution in [2.75, 3.05) is 13.6 Å². The summed E-state index contributed by atoms with van der Waals surface area (Å²) in [6.07, 6.45) is 6.50. The first kappa shape index (κ1) is 15.7. The van der Waals surface area contributed by atoms with Crippen molar-refractivity contribution in [3.8, 4) is 5.75 Å². The van der Waals surface area contributed by atoms with Gasteiger partial charge >= 0.3 is 0 Å². The van der Waals surface area contributed by atoms with Crippen molar-refractivity contribution in [2.45, 2.75) is 57.5 Å². The van der Waals surface area contributed by atoms with Crippen molar-refractivity contribution in [1.82, 2.24) is 5.32 Å². The van der Waals surface area contributed by atoms with Crippen LogP contribution >= 0.6 is 11.6 Å². The smallest absolute Gasteiger partial charge is 0.123 e. The number of nitrogens with one attached hydrogen (secondary N) is 1. The summed E-state index contributed by atoms with van der Waals surface area (Å²) in [4.78, 5) is 0. The molecule has 0 heterocycles. The van der Waals surface area contributed by atoms with Crippen LogP contribution in [0.4, 0.5) is 0 Å². The van der Waals surface area contributed by atoms with Crippen molar-refractivity contribution in [1.29, 1.82) is 0 Å². The molecule has 112 valence electrons. The third-order valence-corrected chi connectivity index (χ3v) is 4.24. The Morgan fingerprint density at radius 2 is 1.95 bits per heavy atom. The van der Waals surface area contributed by atoms with E-state index in [1.54, 1.807) is 0 Å². The molecule has 0 saturated heterocycles. The predicted octanol–water partition coefficient (Wildman–Crippen LogP) is 4.76. The molecular weight excluding hydrogens is 270 g/mol. The topological polar surface area (TPSA) is 21.3 Å². The zero-order chi connectivity index (χ0) is 14.6. The van der Waals surface area contributed by atoms with E-state index in [0.29, 0.717) is 5.92 Å². The van der Waals surface area contributed by atoms with E-state index in [4.69, 9.17) is 16.3 Å². The Hall–Kier alpha value is -0.730. The summed E-state index contributed by atoms with van der Waals surface area (Å²) in [7, 11) is 1.95. The molecule has 0 amide bonds. The summed E-state index contributed by atoms with van der Waals surface area (Å²) < 4.78 is 6.26. The van der Waals surface area contributed by atoms with Crippen LogP contribution in [0.3, 0.4) is 0 Å². The molecule has 0 atom stereocenters. The predicted molar refractivity (Wildman–Crippen MR) is 85.9 cm³/mol. The maximum atomic E-state index is 6.26. The van der Waals surface area contributed by atoms with Crippen LogP contribution < -0.4 is 10.1 Å². The van der Waals surface area contributed by atoms with Crippen LogP contribution in [-0.4, -0.2) is 19.2 Å². The van der Waals surface area contributed by atoms with E-state index < -0.39 is 0 Å². The first-order valence-electron chi connectivity index (χ1n) is 7.65. The number of rotatable bonds is 5. The largest absolute Gasteiger partial charge is 0.486 e. The first-order valence-corrected chi connectivity index (χ1v) is 8.03. The van der Waals surface area contributed by atoms with E-state index in [0.717, 1.165) is 17.3 Å². The zero-order valence-corrected chi connectivity index (χ0v) is 13.6. The second kappa shape index (κ2) is 6.82. The lowest BCUT2D eigenvalue weighted by atomic mass is 9.83. The fourth-order valence-corrected chi connectivity index (χ4v) is 3.28. The third kappa shape index (κ3) is 4.13. The molecule has 1 aliphatic rings. The van der Waals surface area contributed by atoms with Crippen molar-refractivity contribution >= 4 is 11.6 Å². The Bertz CT molecular complexity index is 439. The number of halogens is 1. The van der Waals surface area contributed by atoms with Gasteiger partial charge in [0, 0.05) is 11.6 Å². The van der Waals surface area contributed by atoms with Crippen molar-refractivity contribution in [3.05, 3.63) is 28.8 Å². The lowest BCUT2D eigenvalue weighted by Crippen LogP contribution is -2.39. The van der Waals surface area contributed by atoms with Gasteiger partial charge in [0.1, 0.15) is 11.4 Å². The van der Waals surface area contributed by atoms with Crippen molar-refractivity contribution in [3.63, 3.8) is 0 Å². The molecule has 1 fully saturated rings. The summed E-state index contributed by atoms with van der Waals surface area (Å²) in [5.41, 5.74) is 1.08. The highest BCUT2D eigenvalue weighted by Gasteiger charge is 2.24. The molecule has 20 heavy (non-hydrogen) atoms. The van der Waals surface area contributed by atoms with Crippen LogP contribution in [-0.2, 0) is 0 Å². The quantitative estimate of drug-likeness (QED) is 0.845. The molecule has 1 N–H and O–H groups in total. The molecular formula is C17H26ClNO. The van der Waals surface area contributed by atoms with Gasteiger partial charge in [-0.3, -0.25) is 0 Å². The van der Waals surface area contributed by atoms with Gasteiger partial charge in [0.05, 0.1) is 0 Å². The summed E-state index contributed by atoms with van der Waals surface area (Å²) in [5, 5.41) is 4.00. The molecule has 1 aromatic rings. The third-order valence-electron chi connectivity index (χ3n) is 4.01. The number of hydrogen-bond donors (Lipinski definition) is 1. The Morgan fingerprint density at radius 1 is 1.25 bits per heavy atom. The van der Waals surface area contributed by atoms with Crippen LogP contribution in [0.1, 0.15) is 57.4 Å². The van der Waals surface area contributed by atoms with Gasteiger partial charge in [-0.15, -0.1) is 0 Å². The summed E-state index contributed by atoms with van der Waals surface area (Å²) in [5.74, 6) is 1.60. The molecule has 0 radical (unpaired) electrons. The summed E-state index contributed by atoms with van der Waals surface area (Å²) in [6.45, 7) is 5.05. The second-order valence-electron chi connectivity index (χ2n) is 6.41. The minimum absolute atomic E-state index is 0.216. The molecule has 1 aliphatic carbocycles. The number of ether oxygens (including phenoxy) is 1. The monoisotopic (exact) mass is 295 g/mol. The average Bonchev–Trinajstić information content (AvgIpc) is 2.41. The second-order valence-corrected chi connectivity index (χ2v) is 6.85. The fraction of sp³-hybridized carbons (Fsp3) is 0.647. The Kier molecular flexibility index (Phi) is 5.34. The normalized spacial score (nSPS) is 17.2. The highest BCUT2D eigenvalue weighted by atomic mass is 35.5. The minimum atomic E-state index is -0.216. The molecule has 2 rings (SSSR count). The Balaban J connectivity index is 2.23. The van der Waals surface area contributed by atoms with E-state index in [9.17, 15) is 0 Å². The van der Waals surface area contributed by atoms with Gasteiger partial charge < -0.3 is 10.1 Å². The molecule has 0 aliphatic heterocycles. The van der Waals surface area contributed by atoms with Crippen LogP contribution in [0.25, 0.3) is 0 Å². The zero-order valence-electron chi connectivity index (χ0n) is 12.8. The van der Waals surface area contributed by atoms with Crippen LogP contribution in [0.15, 0.2) is 18.2 Å². The molecule has 0 bridgehead atoms. The van der Waals surface area contributed by atoms with Gasteiger partial charge in [0.15, 0.2) is 0 Å². The maximum Gasteiger partial charge on any atom is 0.123 e. The number of benzene rings is 1. The van der Waals surface area contributed by atoms with Crippen LogP contribution in [0.5, 0.6) is 5.75 Å². The van der Waals surface area contributed by atoms with Crippen molar-refractivity contribution < 1.29 is 4.74 Å². The van der Waals surface area contributed by atoms with Gasteiger partial charge in [-0.25, -0.2) is 0 Å². The maximum absolute atomic E-state index is 6.26. The lowest BCUT2D eigenvalue weighted by molar-refractivity contribution is 0.108. The molecule has 0 spiro atoms. The van der Waals surface area contributed by atoms with Crippen molar-refractivity contribution in [2.24, 2.45) is 0 Å². The molecule has 1 saturated carbocycles. The van der Waals surface area contributed by atoms with E-state index in [2.05, 4.69) is 25.2 Å². The van der Waals surface area contributed by atoms with Gasteiger partial charge in [-0.1, -0.05) is 30.9 Å². The van der Waals surface area contributed by atoms with E-state index >= 15 is 0 Å². The highest BCUT2D eigenvalue weighted by Crippen LogP contribution is 2.39. The molecule has 0 unspecified atom stereocenters. The summed E-state index contributed by atoms with van der Waals surface area (Å²) in [6, 6.07) is 6.06. The molecule has 2 nitrogen and oxygen atoms in total. The molecule has 0 aromatic heterocycles. The van der Waals surface area contributed by atoms with Gasteiger partial charge in [-0.05, 0) is 63.4 Å². The van der Waals surface area contributed by atoms with Crippen LogP contribution in [0, 0.1) is 0 Å². The number of hydrogen-bond acceptors (Lipinski definition) is 2. The van der Waals surface area contributed by atoms with Gasteiger partial charge in [0.2, 0.25) is 0 Å². The Labute approximate surface area is 127 Å². The van der Waals surface area contributed by atoms with Gasteiger partial charge in [-0.2, -0.15) is 0 Å².